The molecule has 20 heavy (non-hydrogen) atoms. The number of ether oxygens (including phenoxy) is 1. The average Bonchev–Trinajstić information content (AvgIpc) is 2.91. The third-order valence-electron chi connectivity index (χ3n) is 3.36. The van der Waals surface area contributed by atoms with Crippen molar-refractivity contribution in [2.75, 3.05) is 11.9 Å². The van der Waals surface area contributed by atoms with Crippen molar-refractivity contribution in [3.8, 4) is 0 Å². The van der Waals surface area contributed by atoms with Gasteiger partial charge in [0, 0.05) is 17.8 Å². The Bertz CT molecular complexity index is 513. The predicted molar refractivity (Wildman–Crippen MR) is 81.7 cm³/mol. The second-order valence-electron chi connectivity index (χ2n) is 4.75. The molecule has 1 saturated carbocycles. The first-order chi connectivity index (χ1) is 9.65. The van der Waals surface area contributed by atoms with E-state index in [4.69, 9.17) is 10.1 Å². The van der Waals surface area contributed by atoms with E-state index in [0.29, 0.717) is 34.2 Å². The van der Waals surface area contributed by atoms with Crippen molar-refractivity contribution >= 4 is 33.9 Å². The van der Waals surface area contributed by atoms with Gasteiger partial charge >= 0.3 is 5.97 Å². The maximum Gasteiger partial charge on any atom is 0.339 e. The number of nitrogens with zero attached hydrogens (tertiary/aromatic N) is 1. The minimum Gasteiger partial charge on any atom is -0.462 e. The van der Waals surface area contributed by atoms with Gasteiger partial charge < -0.3 is 15.5 Å². The number of hydrogen-bond acceptors (Lipinski definition) is 5. The smallest absolute Gasteiger partial charge is 0.339 e. The number of halogens is 1. The predicted octanol–water partition coefficient (Wildman–Crippen LogP) is 3.37. The zero-order chi connectivity index (χ0) is 14.5. The molecule has 0 unspecified atom stereocenters. The van der Waals surface area contributed by atoms with Crippen LogP contribution in [0.15, 0.2) is 10.7 Å². The number of rotatable bonds is 5. The van der Waals surface area contributed by atoms with Crippen LogP contribution in [0.5, 0.6) is 0 Å². The normalized spacial score (nSPS) is 15.1. The summed E-state index contributed by atoms with van der Waals surface area (Å²) in [7, 11) is 0. The van der Waals surface area contributed by atoms with Gasteiger partial charge in [-0.1, -0.05) is 12.8 Å². The van der Waals surface area contributed by atoms with Crippen LogP contribution in [0.2, 0.25) is 0 Å². The van der Waals surface area contributed by atoms with E-state index in [2.05, 4.69) is 26.2 Å². The van der Waals surface area contributed by atoms with Gasteiger partial charge in [-0.3, -0.25) is 0 Å². The van der Waals surface area contributed by atoms with Crippen molar-refractivity contribution in [2.45, 2.75) is 38.6 Å². The second-order valence-corrected chi connectivity index (χ2v) is 5.56. The summed E-state index contributed by atoms with van der Waals surface area (Å²) in [5, 5.41) is 10.9. The minimum absolute atomic E-state index is 0.307. The number of esters is 1. The number of anilines is 1. The second kappa shape index (κ2) is 6.83. The number of nitrogens with one attached hydrogen (secondary N) is 2. The van der Waals surface area contributed by atoms with Gasteiger partial charge in [-0.05, 0) is 41.8 Å². The number of hydrogen-bond donors (Lipinski definition) is 2. The number of pyridine rings is 1. The number of carbonyl (C=O) groups is 1. The largest absolute Gasteiger partial charge is 0.462 e. The van der Waals surface area contributed by atoms with Crippen LogP contribution in [0.1, 0.15) is 48.5 Å². The van der Waals surface area contributed by atoms with Gasteiger partial charge in [-0.2, -0.15) is 0 Å². The van der Waals surface area contributed by atoms with Gasteiger partial charge in [0.25, 0.3) is 0 Å². The first-order valence-electron chi connectivity index (χ1n) is 6.80. The van der Waals surface area contributed by atoms with Crippen LogP contribution in [-0.2, 0) is 4.74 Å². The van der Waals surface area contributed by atoms with Gasteiger partial charge in [0.1, 0.15) is 10.4 Å². The number of aromatic nitrogens is 1. The maximum atomic E-state index is 12.0. The highest BCUT2D eigenvalue weighted by atomic mass is 79.9. The Balaban J connectivity index is 2.34. The molecular formula is C14H18BrN3O2. The highest BCUT2D eigenvalue weighted by molar-refractivity contribution is 9.10. The minimum atomic E-state index is -0.427. The highest BCUT2D eigenvalue weighted by Gasteiger charge is 2.21. The molecule has 1 aliphatic rings. The molecule has 1 aromatic rings. The van der Waals surface area contributed by atoms with E-state index in [-0.39, 0.29) is 0 Å². The van der Waals surface area contributed by atoms with E-state index >= 15 is 0 Å². The fourth-order valence-electron chi connectivity index (χ4n) is 2.42. The van der Waals surface area contributed by atoms with Crippen molar-refractivity contribution in [3.63, 3.8) is 0 Å². The summed E-state index contributed by atoms with van der Waals surface area (Å²) in [5.74, 6) is 0.146. The van der Waals surface area contributed by atoms with Crippen molar-refractivity contribution < 1.29 is 9.53 Å². The standard InChI is InChI=1S/C14H18BrN3O2/c1-2-20-14(19)10-7-12(15)18-13(11(10)8-16)17-9-5-3-4-6-9/h7-9,16H,2-6H2,1H3,(H,17,18). The van der Waals surface area contributed by atoms with E-state index in [9.17, 15) is 4.79 Å². The lowest BCUT2D eigenvalue weighted by atomic mass is 10.1. The van der Waals surface area contributed by atoms with Gasteiger partial charge in [-0.15, -0.1) is 0 Å². The van der Waals surface area contributed by atoms with Crippen LogP contribution in [0.25, 0.3) is 0 Å². The Morgan fingerprint density at radius 1 is 1.60 bits per heavy atom. The Kier molecular flexibility index (Phi) is 5.11. The Hall–Kier alpha value is -1.43. The molecule has 0 radical (unpaired) electrons. The molecule has 108 valence electrons. The van der Waals surface area contributed by atoms with Crippen LogP contribution >= 0.6 is 15.9 Å². The van der Waals surface area contributed by atoms with Crippen LogP contribution in [-0.4, -0.2) is 29.8 Å². The molecule has 0 spiro atoms. The van der Waals surface area contributed by atoms with Gasteiger partial charge in [0.05, 0.1) is 12.2 Å². The molecule has 0 bridgehead atoms. The fourth-order valence-corrected chi connectivity index (χ4v) is 2.83. The number of carbonyl (C=O) groups excluding carboxylic acids is 1. The molecule has 0 aliphatic heterocycles. The quantitative estimate of drug-likeness (QED) is 0.490. The van der Waals surface area contributed by atoms with Crippen molar-refractivity contribution in [3.05, 3.63) is 21.8 Å². The molecule has 2 N–H and O–H groups in total. The van der Waals surface area contributed by atoms with Crippen molar-refractivity contribution in [1.82, 2.24) is 4.98 Å². The Morgan fingerprint density at radius 3 is 2.90 bits per heavy atom. The van der Waals surface area contributed by atoms with Gasteiger partial charge in [0.15, 0.2) is 0 Å². The Morgan fingerprint density at radius 2 is 2.30 bits per heavy atom. The van der Waals surface area contributed by atoms with E-state index in [1.807, 2.05) is 0 Å². The molecule has 1 aliphatic carbocycles. The lowest BCUT2D eigenvalue weighted by Crippen LogP contribution is -2.19. The van der Waals surface area contributed by atoms with Crippen molar-refractivity contribution in [2.24, 2.45) is 0 Å². The monoisotopic (exact) mass is 339 g/mol. The zero-order valence-corrected chi connectivity index (χ0v) is 13.0. The first kappa shape index (κ1) is 15.0. The average molecular weight is 340 g/mol. The molecule has 5 nitrogen and oxygen atoms in total. The molecule has 2 rings (SSSR count). The molecule has 0 aromatic carbocycles. The van der Waals surface area contributed by atoms with Gasteiger partial charge in [0.2, 0.25) is 0 Å². The third-order valence-corrected chi connectivity index (χ3v) is 3.77. The van der Waals surface area contributed by atoms with Crippen LogP contribution < -0.4 is 5.32 Å². The summed E-state index contributed by atoms with van der Waals surface area (Å²) in [6, 6.07) is 1.96. The van der Waals surface area contributed by atoms with Crippen LogP contribution in [0.4, 0.5) is 5.82 Å². The Labute approximate surface area is 126 Å². The summed E-state index contributed by atoms with van der Waals surface area (Å²) < 4.78 is 5.59. The van der Waals surface area contributed by atoms with E-state index in [1.165, 1.54) is 12.8 Å². The summed E-state index contributed by atoms with van der Waals surface area (Å²) >= 11 is 3.31. The SMILES string of the molecule is CCOC(=O)c1cc(Br)nc(NC2CCCC2)c1C=N. The fraction of sp³-hybridized carbons (Fsp3) is 0.500. The molecule has 1 aromatic heterocycles. The summed E-state index contributed by atoms with van der Waals surface area (Å²) in [6.07, 6.45) is 5.76. The summed E-state index contributed by atoms with van der Waals surface area (Å²) in [5.41, 5.74) is 0.850. The topological polar surface area (TPSA) is 75.1 Å². The summed E-state index contributed by atoms with van der Waals surface area (Å²) in [6.45, 7) is 2.07. The van der Waals surface area contributed by atoms with E-state index < -0.39 is 5.97 Å². The highest BCUT2D eigenvalue weighted by Crippen LogP contribution is 2.26. The molecule has 1 fully saturated rings. The molecule has 1 heterocycles. The molecule has 0 amide bonds. The molecule has 0 atom stereocenters. The molecule has 6 heteroatoms. The molecular weight excluding hydrogens is 322 g/mol. The third kappa shape index (κ3) is 3.36. The lowest BCUT2D eigenvalue weighted by molar-refractivity contribution is 0.0526. The first-order valence-corrected chi connectivity index (χ1v) is 7.59. The lowest BCUT2D eigenvalue weighted by Gasteiger charge is -2.16. The molecule has 0 saturated heterocycles. The zero-order valence-electron chi connectivity index (χ0n) is 11.4. The van der Waals surface area contributed by atoms with Crippen molar-refractivity contribution in [1.29, 1.82) is 5.41 Å². The maximum absolute atomic E-state index is 12.0. The van der Waals surface area contributed by atoms with Gasteiger partial charge in [-0.25, -0.2) is 9.78 Å². The van der Waals surface area contributed by atoms with E-state index in [1.54, 1.807) is 13.0 Å². The van der Waals surface area contributed by atoms with E-state index in [0.717, 1.165) is 19.1 Å². The summed E-state index contributed by atoms with van der Waals surface area (Å²) in [4.78, 5) is 16.3. The van der Waals surface area contributed by atoms with Crippen LogP contribution in [0, 0.1) is 5.41 Å². The van der Waals surface area contributed by atoms with Crippen LogP contribution in [0.3, 0.4) is 0 Å².